The molecule has 0 aliphatic rings. The van der Waals surface area contributed by atoms with Gasteiger partial charge in [-0.25, -0.2) is 0 Å². The van der Waals surface area contributed by atoms with Gasteiger partial charge in [-0.15, -0.1) is 0 Å². The van der Waals surface area contributed by atoms with Gasteiger partial charge in [0, 0.05) is 23.0 Å². The van der Waals surface area contributed by atoms with Crippen LogP contribution in [0.1, 0.15) is 33.3 Å². The molecule has 0 atom stereocenters. The summed E-state index contributed by atoms with van der Waals surface area (Å²) in [4.78, 5) is 29.1. The van der Waals surface area contributed by atoms with Gasteiger partial charge in [0.05, 0.1) is 19.4 Å². The number of anilines is 1. The Morgan fingerprint density at radius 3 is 2.33 bits per heavy atom. The molecule has 0 aliphatic carbocycles. The molecular weight excluding hydrogens is 418 g/mol. The average Bonchev–Trinajstić information content (AvgIpc) is 3.21. The second-order valence-corrected chi connectivity index (χ2v) is 7.37. The Morgan fingerprint density at radius 1 is 0.909 bits per heavy atom. The molecule has 4 rings (SSSR count). The summed E-state index contributed by atoms with van der Waals surface area (Å²) < 4.78 is 10.8. The number of aromatic nitrogens is 1. The van der Waals surface area contributed by atoms with E-state index in [1.54, 1.807) is 43.5 Å². The lowest BCUT2D eigenvalue weighted by Crippen LogP contribution is -2.25. The van der Waals surface area contributed by atoms with Crippen LogP contribution in [0.2, 0.25) is 0 Å². The number of methoxy groups -OCH3 is 1. The fourth-order valence-corrected chi connectivity index (χ4v) is 3.51. The normalized spacial score (nSPS) is 10.6. The van der Waals surface area contributed by atoms with E-state index in [2.05, 4.69) is 15.6 Å². The molecule has 0 radical (unpaired) electrons. The standard InChI is InChI=1S/C26H25N3O4/c1-3-33-19-11-9-17(10-12-19)16-27-26(31)24-23(29-25(30)18-7-5-4-6-8-18)21-15-20(32-2)13-14-22(21)28-24/h4-15,28H,3,16H2,1-2H3,(H,27,31)(H,29,30). The third-order valence-corrected chi connectivity index (χ3v) is 5.19. The highest BCUT2D eigenvalue weighted by atomic mass is 16.5. The number of ether oxygens (including phenoxy) is 2. The molecule has 7 nitrogen and oxygen atoms in total. The Bertz CT molecular complexity index is 1260. The molecule has 1 heterocycles. The molecule has 3 aromatic carbocycles. The first-order chi connectivity index (χ1) is 16.1. The fraction of sp³-hybridized carbons (Fsp3) is 0.154. The molecule has 0 aliphatic heterocycles. The number of aromatic amines is 1. The van der Waals surface area contributed by atoms with Crippen LogP contribution in [0.5, 0.6) is 11.5 Å². The van der Waals surface area contributed by atoms with Gasteiger partial charge in [-0.3, -0.25) is 9.59 Å². The SMILES string of the molecule is CCOc1ccc(CNC(=O)c2[nH]c3ccc(OC)cc3c2NC(=O)c2ccccc2)cc1. The highest BCUT2D eigenvalue weighted by Crippen LogP contribution is 2.31. The van der Waals surface area contributed by atoms with Gasteiger partial charge in [-0.2, -0.15) is 0 Å². The Morgan fingerprint density at radius 2 is 1.64 bits per heavy atom. The number of nitrogens with one attached hydrogen (secondary N) is 3. The first-order valence-electron chi connectivity index (χ1n) is 10.6. The number of hydrogen-bond acceptors (Lipinski definition) is 4. The number of amides is 2. The average molecular weight is 444 g/mol. The van der Waals surface area contributed by atoms with E-state index in [-0.39, 0.29) is 17.5 Å². The minimum Gasteiger partial charge on any atom is -0.497 e. The highest BCUT2D eigenvalue weighted by Gasteiger charge is 2.21. The van der Waals surface area contributed by atoms with Crippen LogP contribution >= 0.6 is 0 Å². The smallest absolute Gasteiger partial charge is 0.270 e. The number of rotatable bonds is 8. The second kappa shape index (κ2) is 9.91. The van der Waals surface area contributed by atoms with E-state index in [0.717, 1.165) is 11.3 Å². The monoisotopic (exact) mass is 443 g/mol. The molecule has 168 valence electrons. The maximum atomic E-state index is 13.1. The zero-order chi connectivity index (χ0) is 23.2. The maximum Gasteiger partial charge on any atom is 0.270 e. The Labute approximate surface area is 191 Å². The van der Waals surface area contributed by atoms with Crippen LogP contribution in [0.25, 0.3) is 10.9 Å². The van der Waals surface area contributed by atoms with E-state index in [9.17, 15) is 9.59 Å². The van der Waals surface area contributed by atoms with E-state index >= 15 is 0 Å². The summed E-state index contributed by atoms with van der Waals surface area (Å²) in [6, 6.07) is 21.8. The third-order valence-electron chi connectivity index (χ3n) is 5.19. The van der Waals surface area contributed by atoms with Crippen molar-refractivity contribution >= 4 is 28.4 Å². The minimum absolute atomic E-state index is 0.272. The summed E-state index contributed by atoms with van der Waals surface area (Å²) in [5.74, 6) is 0.767. The second-order valence-electron chi connectivity index (χ2n) is 7.37. The quantitative estimate of drug-likeness (QED) is 0.366. The van der Waals surface area contributed by atoms with Crippen molar-refractivity contribution < 1.29 is 19.1 Å². The van der Waals surface area contributed by atoms with Crippen LogP contribution in [-0.2, 0) is 6.54 Å². The van der Waals surface area contributed by atoms with E-state index in [0.29, 0.717) is 41.1 Å². The van der Waals surface area contributed by atoms with Crippen molar-refractivity contribution in [2.75, 3.05) is 19.0 Å². The van der Waals surface area contributed by atoms with Gasteiger partial charge in [-0.1, -0.05) is 30.3 Å². The van der Waals surface area contributed by atoms with Crippen molar-refractivity contribution in [1.29, 1.82) is 0 Å². The maximum absolute atomic E-state index is 13.1. The molecule has 2 amide bonds. The number of benzene rings is 3. The largest absolute Gasteiger partial charge is 0.497 e. The van der Waals surface area contributed by atoms with Crippen molar-refractivity contribution in [3.63, 3.8) is 0 Å². The molecule has 1 aromatic heterocycles. The molecular formula is C26H25N3O4. The Hall–Kier alpha value is -4.26. The number of H-pyrrole nitrogens is 1. The number of carbonyl (C=O) groups is 2. The van der Waals surface area contributed by atoms with Crippen LogP contribution < -0.4 is 20.1 Å². The number of hydrogen-bond donors (Lipinski definition) is 3. The molecule has 7 heteroatoms. The van der Waals surface area contributed by atoms with E-state index in [1.165, 1.54) is 0 Å². The van der Waals surface area contributed by atoms with Crippen LogP contribution in [0.15, 0.2) is 72.8 Å². The van der Waals surface area contributed by atoms with E-state index in [1.807, 2.05) is 43.3 Å². The summed E-state index contributed by atoms with van der Waals surface area (Å²) in [5, 5.41) is 6.50. The predicted octanol–water partition coefficient (Wildman–Crippen LogP) is 4.76. The van der Waals surface area contributed by atoms with E-state index < -0.39 is 0 Å². The summed E-state index contributed by atoms with van der Waals surface area (Å²) in [6.07, 6.45) is 0. The van der Waals surface area contributed by atoms with Crippen molar-refractivity contribution in [3.05, 3.63) is 89.6 Å². The summed E-state index contributed by atoms with van der Waals surface area (Å²) >= 11 is 0. The Kier molecular flexibility index (Phi) is 6.59. The highest BCUT2D eigenvalue weighted by molar-refractivity contribution is 6.15. The molecule has 0 fully saturated rings. The van der Waals surface area contributed by atoms with Crippen LogP contribution in [0.4, 0.5) is 5.69 Å². The van der Waals surface area contributed by atoms with Crippen molar-refractivity contribution in [3.8, 4) is 11.5 Å². The summed E-state index contributed by atoms with van der Waals surface area (Å²) in [5.41, 5.74) is 2.82. The summed E-state index contributed by atoms with van der Waals surface area (Å²) in [7, 11) is 1.57. The topological polar surface area (TPSA) is 92.4 Å². The predicted molar refractivity (Wildman–Crippen MR) is 128 cm³/mol. The summed E-state index contributed by atoms with van der Waals surface area (Å²) in [6.45, 7) is 2.85. The molecule has 0 saturated heterocycles. The van der Waals surface area contributed by atoms with Crippen molar-refractivity contribution in [2.45, 2.75) is 13.5 Å². The zero-order valence-corrected chi connectivity index (χ0v) is 18.5. The van der Waals surface area contributed by atoms with Crippen LogP contribution in [0.3, 0.4) is 0 Å². The van der Waals surface area contributed by atoms with Gasteiger partial charge >= 0.3 is 0 Å². The molecule has 3 N–H and O–H groups in total. The van der Waals surface area contributed by atoms with Gasteiger partial charge in [0.25, 0.3) is 11.8 Å². The molecule has 33 heavy (non-hydrogen) atoms. The number of carbonyl (C=O) groups excluding carboxylic acids is 2. The van der Waals surface area contributed by atoms with E-state index in [4.69, 9.17) is 9.47 Å². The lowest BCUT2D eigenvalue weighted by Gasteiger charge is -2.10. The number of fused-ring (bicyclic) bond motifs is 1. The van der Waals surface area contributed by atoms with Crippen LogP contribution in [-0.4, -0.2) is 30.5 Å². The zero-order valence-electron chi connectivity index (χ0n) is 18.5. The van der Waals surface area contributed by atoms with Gasteiger partial charge in [0.15, 0.2) is 0 Å². The molecule has 0 saturated carbocycles. The first-order valence-corrected chi connectivity index (χ1v) is 10.6. The van der Waals surface area contributed by atoms with Gasteiger partial charge in [-0.05, 0) is 55.0 Å². The molecule has 0 unspecified atom stereocenters. The van der Waals surface area contributed by atoms with Crippen LogP contribution in [0, 0.1) is 0 Å². The lowest BCUT2D eigenvalue weighted by molar-refractivity contribution is 0.0947. The third kappa shape index (κ3) is 4.98. The molecule has 4 aromatic rings. The van der Waals surface area contributed by atoms with Crippen molar-refractivity contribution in [1.82, 2.24) is 10.3 Å². The fourth-order valence-electron chi connectivity index (χ4n) is 3.51. The Balaban J connectivity index is 1.60. The lowest BCUT2D eigenvalue weighted by atomic mass is 10.1. The van der Waals surface area contributed by atoms with Gasteiger partial charge in [0.1, 0.15) is 17.2 Å². The van der Waals surface area contributed by atoms with Crippen molar-refractivity contribution in [2.24, 2.45) is 0 Å². The molecule has 0 spiro atoms. The minimum atomic E-state index is -0.331. The molecule has 0 bridgehead atoms. The van der Waals surface area contributed by atoms with Gasteiger partial charge < -0.3 is 25.1 Å². The van der Waals surface area contributed by atoms with Gasteiger partial charge in [0.2, 0.25) is 0 Å². The first kappa shape index (κ1) is 22.0.